The third kappa shape index (κ3) is 1.57. The molecule has 1 aliphatic rings. The van der Waals surface area contributed by atoms with Crippen LogP contribution < -0.4 is 11.5 Å². The largest absolute Gasteiger partial charge is 0.403 e. The Bertz CT molecular complexity index is 170. The van der Waals surface area contributed by atoms with Gasteiger partial charge in [-0.15, -0.1) is 0 Å². The lowest BCUT2D eigenvalue weighted by molar-refractivity contribution is 0.799. The van der Waals surface area contributed by atoms with Gasteiger partial charge in [-0.3, -0.25) is 4.99 Å². The Morgan fingerprint density at radius 1 is 1.50 bits per heavy atom. The van der Waals surface area contributed by atoms with Crippen molar-refractivity contribution in [3.63, 3.8) is 0 Å². The molecule has 56 valence electrons. The Morgan fingerprint density at radius 3 is 2.90 bits per heavy atom. The van der Waals surface area contributed by atoms with Crippen LogP contribution in [-0.4, -0.2) is 12.3 Å². The molecule has 3 heteroatoms. The molecule has 0 aliphatic carbocycles. The second kappa shape index (κ2) is 3.37. The van der Waals surface area contributed by atoms with Crippen LogP contribution in [0.4, 0.5) is 0 Å². The Kier molecular flexibility index (Phi) is 2.45. The van der Waals surface area contributed by atoms with Crippen LogP contribution >= 0.6 is 0 Å². The third-order valence-corrected chi connectivity index (χ3v) is 1.63. The summed E-state index contributed by atoms with van der Waals surface area (Å²) in [6.45, 7) is 0.567. The Balaban J connectivity index is 2.66. The van der Waals surface area contributed by atoms with Crippen molar-refractivity contribution in [2.45, 2.75) is 19.3 Å². The maximum atomic E-state index is 5.42. The summed E-state index contributed by atoms with van der Waals surface area (Å²) in [5.41, 5.74) is 12.8. The molecule has 0 aromatic heterocycles. The first-order chi connectivity index (χ1) is 4.86. The number of hydrogen-bond donors (Lipinski definition) is 2. The van der Waals surface area contributed by atoms with Crippen LogP contribution in [0.1, 0.15) is 19.3 Å². The van der Waals surface area contributed by atoms with Crippen LogP contribution in [0.2, 0.25) is 0 Å². The third-order valence-electron chi connectivity index (χ3n) is 1.63. The molecule has 1 rings (SSSR count). The highest BCUT2D eigenvalue weighted by molar-refractivity contribution is 5.87. The summed E-state index contributed by atoms with van der Waals surface area (Å²) in [6, 6.07) is 0. The van der Waals surface area contributed by atoms with Gasteiger partial charge in [-0.1, -0.05) is 0 Å². The molecule has 0 radical (unpaired) electrons. The van der Waals surface area contributed by atoms with Gasteiger partial charge >= 0.3 is 0 Å². The average molecular weight is 139 g/mol. The molecule has 0 spiro atoms. The number of allylic oxidation sites excluding steroid dienone is 1. The normalized spacial score (nSPS) is 22.9. The van der Waals surface area contributed by atoms with E-state index < -0.39 is 0 Å². The number of aliphatic imine (C=N–C) groups is 1. The minimum absolute atomic E-state index is 0.567. The van der Waals surface area contributed by atoms with Crippen LogP contribution in [0.15, 0.2) is 16.9 Å². The van der Waals surface area contributed by atoms with Crippen molar-refractivity contribution in [2.75, 3.05) is 6.54 Å². The molecule has 3 nitrogen and oxygen atoms in total. The van der Waals surface area contributed by atoms with Crippen molar-refractivity contribution in [3.05, 3.63) is 11.9 Å². The molecule has 0 atom stereocenters. The first kappa shape index (κ1) is 7.28. The highest BCUT2D eigenvalue weighted by Gasteiger charge is 2.05. The van der Waals surface area contributed by atoms with Gasteiger partial charge in [0.25, 0.3) is 0 Å². The van der Waals surface area contributed by atoms with E-state index in [0.29, 0.717) is 6.54 Å². The van der Waals surface area contributed by atoms with E-state index in [9.17, 15) is 0 Å². The zero-order valence-corrected chi connectivity index (χ0v) is 6.01. The van der Waals surface area contributed by atoms with Crippen LogP contribution in [-0.2, 0) is 0 Å². The predicted molar refractivity (Wildman–Crippen MR) is 42.6 cm³/mol. The minimum atomic E-state index is 0.567. The molecule has 0 aromatic rings. The summed E-state index contributed by atoms with van der Waals surface area (Å²) in [4.78, 5) is 4.25. The summed E-state index contributed by atoms with van der Waals surface area (Å²) in [5.74, 6) is 0. The van der Waals surface area contributed by atoms with Gasteiger partial charge in [0, 0.05) is 18.5 Å². The summed E-state index contributed by atoms with van der Waals surface area (Å²) >= 11 is 0. The second-order valence-corrected chi connectivity index (χ2v) is 2.39. The molecule has 10 heavy (non-hydrogen) atoms. The van der Waals surface area contributed by atoms with Crippen molar-refractivity contribution >= 4 is 5.71 Å². The topological polar surface area (TPSA) is 64.4 Å². The molecule has 1 heterocycles. The highest BCUT2D eigenvalue weighted by atomic mass is 14.8. The summed E-state index contributed by atoms with van der Waals surface area (Å²) < 4.78 is 0. The van der Waals surface area contributed by atoms with Crippen LogP contribution in [0, 0.1) is 0 Å². The maximum absolute atomic E-state index is 5.42. The quantitative estimate of drug-likeness (QED) is 0.551. The van der Waals surface area contributed by atoms with E-state index >= 15 is 0 Å². The fourth-order valence-corrected chi connectivity index (χ4v) is 1.06. The summed E-state index contributed by atoms with van der Waals surface area (Å²) in [5, 5.41) is 0. The summed E-state index contributed by atoms with van der Waals surface area (Å²) in [7, 11) is 0. The van der Waals surface area contributed by atoms with Crippen LogP contribution in [0.5, 0.6) is 0 Å². The van der Waals surface area contributed by atoms with Gasteiger partial charge in [0.05, 0.1) is 5.70 Å². The van der Waals surface area contributed by atoms with Gasteiger partial charge < -0.3 is 11.5 Å². The average Bonchev–Trinajstić information content (AvgIpc) is 2.05. The number of hydrogen-bond acceptors (Lipinski definition) is 3. The lowest BCUT2D eigenvalue weighted by Crippen LogP contribution is -2.16. The lowest BCUT2D eigenvalue weighted by atomic mass is 10.1. The lowest BCUT2D eigenvalue weighted by Gasteiger charge is -2.11. The molecule has 0 unspecified atom stereocenters. The number of rotatable bonds is 1. The van der Waals surface area contributed by atoms with E-state index in [4.69, 9.17) is 11.5 Å². The van der Waals surface area contributed by atoms with E-state index in [1.165, 1.54) is 0 Å². The van der Waals surface area contributed by atoms with E-state index in [1.807, 2.05) is 0 Å². The Labute approximate surface area is 60.8 Å². The van der Waals surface area contributed by atoms with E-state index in [-0.39, 0.29) is 0 Å². The summed E-state index contributed by atoms with van der Waals surface area (Å²) in [6.07, 6.45) is 4.74. The fourth-order valence-electron chi connectivity index (χ4n) is 1.06. The van der Waals surface area contributed by atoms with Crippen LogP contribution in [0.25, 0.3) is 0 Å². The standard InChI is InChI=1S/C7H13N3/c8-4-6-2-1-3-7(5-9)10-6/h4H,1-3,5,8-9H2/b6-4+. The van der Waals surface area contributed by atoms with Gasteiger partial charge in [-0.05, 0) is 19.3 Å². The zero-order chi connectivity index (χ0) is 7.40. The monoisotopic (exact) mass is 139 g/mol. The number of nitrogens with zero attached hydrogens (tertiary/aromatic N) is 1. The maximum Gasteiger partial charge on any atom is 0.0557 e. The molecule has 0 bridgehead atoms. The molecule has 0 amide bonds. The second-order valence-electron chi connectivity index (χ2n) is 2.39. The Hall–Kier alpha value is -0.830. The molecular weight excluding hydrogens is 126 g/mol. The van der Waals surface area contributed by atoms with Gasteiger partial charge in [0.1, 0.15) is 0 Å². The predicted octanol–water partition coefficient (Wildman–Crippen LogP) is 0.370. The number of nitrogens with two attached hydrogens (primary N) is 2. The van der Waals surface area contributed by atoms with Crippen molar-refractivity contribution in [1.82, 2.24) is 0 Å². The molecule has 1 aliphatic heterocycles. The van der Waals surface area contributed by atoms with Crippen LogP contribution in [0.3, 0.4) is 0 Å². The first-order valence-corrected chi connectivity index (χ1v) is 3.54. The van der Waals surface area contributed by atoms with Gasteiger partial charge in [-0.2, -0.15) is 0 Å². The Morgan fingerprint density at radius 2 is 2.30 bits per heavy atom. The van der Waals surface area contributed by atoms with E-state index in [1.54, 1.807) is 6.20 Å². The molecule has 0 saturated carbocycles. The van der Waals surface area contributed by atoms with Crippen molar-refractivity contribution < 1.29 is 0 Å². The minimum Gasteiger partial charge on any atom is -0.403 e. The first-order valence-electron chi connectivity index (χ1n) is 3.54. The molecular formula is C7H13N3. The van der Waals surface area contributed by atoms with Crippen molar-refractivity contribution in [3.8, 4) is 0 Å². The van der Waals surface area contributed by atoms with Gasteiger partial charge in [0.2, 0.25) is 0 Å². The highest BCUT2D eigenvalue weighted by Crippen LogP contribution is 2.14. The van der Waals surface area contributed by atoms with E-state index in [0.717, 1.165) is 30.7 Å². The van der Waals surface area contributed by atoms with E-state index in [2.05, 4.69) is 4.99 Å². The fraction of sp³-hybridized carbons (Fsp3) is 0.571. The smallest absolute Gasteiger partial charge is 0.0557 e. The molecule has 0 aromatic carbocycles. The van der Waals surface area contributed by atoms with Crippen molar-refractivity contribution in [2.24, 2.45) is 16.5 Å². The van der Waals surface area contributed by atoms with Gasteiger partial charge in [0.15, 0.2) is 0 Å². The van der Waals surface area contributed by atoms with Crippen molar-refractivity contribution in [1.29, 1.82) is 0 Å². The zero-order valence-electron chi connectivity index (χ0n) is 6.01. The SMILES string of the molecule is N/C=C1\CCCC(CN)=N1. The molecule has 4 N–H and O–H groups in total. The molecule has 0 saturated heterocycles. The van der Waals surface area contributed by atoms with Gasteiger partial charge in [-0.25, -0.2) is 0 Å². The molecule has 0 fully saturated rings.